The van der Waals surface area contributed by atoms with Crippen molar-refractivity contribution in [3.8, 4) is 11.4 Å². The number of rotatable bonds is 5. The molecule has 29 heavy (non-hydrogen) atoms. The first-order chi connectivity index (χ1) is 14.0. The average Bonchev–Trinajstić information content (AvgIpc) is 3.07. The maximum atomic E-state index is 12.5. The zero-order chi connectivity index (χ0) is 20.4. The topological polar surface area (TPSA) is 43.3 Å². The smallest absolute Gasteiger partial charge is 0.251 e. The molecule has 4 heteroatoms. The highest BCUT2D eigenvalue weighted by Gasteiger charge is 2.21. The van der Waals surface area contributed by atoms with Crippen molar-refractivity contribution < 1.29 is 9.53 Å². The first kappa shape index (κ1) is 19.3. The van der Waals surface area contributed by atoms with Crippen molar-refractivity contribution in [2.24, 2.45) is 5.92 Å². The third-order valence-corrected chi connectivity index (χ3v) is 5.82. The van der Waals surface area contributed by atoms with E-state index in [0.717, 1.165) is 35.8 Å². The highest BCUT2D eigenvalue weighted by atomic mass is 16.5. The number of amides is 1. The van der Waals surface area contributed by atoms with Crippen molar-refractivity contribution in [2.75, 3.05) is 7.11 Å². The second-order valence-electron chi connectivity index (χ2n) is 8.02. The molecule has 0 fully saturated rings. The van der Waals surface area contributed by atoms with E-state index in [0.29, 0.717) is 12.1 Å². The van der Waals surface area contributed by atoms with E-state index in [2.05, 4.69) is 29.8 Å². The number of nitrogens with zero attached hydrogens (tertiary/aromatic N) is 1. The Morgan fingerprint density at radius 1 is 1.14 bits per heavy atom. The number of carbonyl (C=O) groups excluding carboxylic acids is 1. The summed E-state index contributed by atoms with van der Waals surface area (Å²) in [5, 5.41) is 2.99. The van der Waals surface area contributed by atoms with Crippen molar-refractivity contribution in [2.45, 2.75) is 39.7 Å². The van der Waals surface area contributed by atoms with E-state index in [4.69, 9.17) is 4.74 Å². The third-order valence-electron chi connectivity index (χ3n) is 5.82. The number of fused-ring (bicyclic) bond motifs is 1. The van der Waals surface area contributed by atoms with Crippen LogP contribution in [0.25, 0.3) is 5.69 Å². The minimum absolute atomic E-state index is 0.0625. The molecule has 1 aromatic heterocycles. The zero-order valence-electron chi connectivity index (χ0n) is 17.4. The van der Waals surface area contributed by atoms with Gasteiger partial charge in [-0.25, -0.2) is 0 Å². The second kappa shape index (κ2) is 8.16. The van der Waals surface area contributed by atoms with Crippen molar-refractivity contribution in [3.05, 3.63) is 82.7 Å². The van der Waals surface area contributed by atoms with Crippen LogP contribution in [0.2, 0.25) is 0 Å². The maximum Gasteiger partial charge on any atom is 0.251 e. The second-order valence-corrected chi connectivity index (χ2v) is 8.02. The Morgan fingerprint density at radius 3 is 2.55 bits per heavy atom. The molecule has 1 amide bonds. The summed E-state index contributed by atoms with van der Waals surface area (Å²) in [4.78, 5) is 12.5. The number of hydrogen-bond donors (Lipinski definition) is 1. The molecular formula is C25H28N2O2. The van der Waals surface area contributed by atoms with Gasteiger partial charge in [-0.15, -0.1) is 0 Å². The van der Waals surface area contributed by atoms with Gasteiger partial charge < -0.3 is 14.6 Å². The molecule has 1 aliphatic carbocycles. The van der Waals surface area contributed by atoms with Gasteiger partial charge >= 0.3 is 0 Å². The highest BCUT2D eigenvalue weighted by Crippen LogP contribution is 2.30. The highest BCUT2D eigenvalue weighted by molar-refractivity contribution is 5.94. The number of carbonyl (C=O) groups is 1. The van der Waals surface area contributed by atoms with Gasteiger partial charge in [-0.3, -0.25) is 4.79 Å². The maximum absolute atomic E-state index is 12.5. The fourth-order valence-corrected chi connectivity index (χ4v) is 4.22. The van der Waals surface area contributed by atoms with Crippen LogP contribution in [0.3, 0.4) is 0 Å². The lowest BCUT2D eigenvalue weighted by Gasteiger charge is -2.21. The van der Waals surface area contributed by atoms with E-state index in [9.17, 15) is 4.79 Å². The third kappa shape index (κ3) is 4.07. The summed E-state index contributed by atoms with van der Waals surface area (Å²) in [5.74, 6) is 1.51. The minimum atomic E-state index is -0.0625. The molecule has 1 N–H and O–H groups in total. The van der Waals surface area contributed by atoms with Crippen LogP contribution in [0.4, 0.5) is 0 Å². The van der Waals surface area contributed by atoms with Crippen LogP contribution < -0.4 is 10.1 Å². The number of nitrogens with one attached hydrogen (secondary N) is 1. The molecule has 0 aliphatic heterocycles. The van der Waals surface area contributed by atoms with Gasteiger partial charge in [0.25, 0.3) is 5.91 Å². The van der Waals surface area contributed by atoms with E-state index in [1.807, 2.05) is 48.5 Å². The fourth-order valence-electron chi connectivity index (χ4n) is 4.22. The van der Waals surface area contributed by atoms with Crippen LogP contribution in [0.5, 0.6) is 5.75 Å². The molecule has 1 heterocycles. The molecule has 1 unspecified atom stereocenters. The molecule has 4 rings (SSSR count). The standard InChI is InChI=1S/C25H28N2O2/c1-17-4-13-24-21(14-17)15-18(2)27(24)22-9-7-20(8-10-22)25(28)26-16-19-5-11-23(29-3)12-6-19/h5-12,15,17H,4,13-14,16H2,1-3H3,(H,26,28). The van der Waals surface area contributed by atoms with Gasteiger partial charge in [0.15, 0.2) is 0 Å². The monoisotopic (exact) mass is 388 g/mol. The van der Waals surface area contributed by atoms with Crippen molar-refractivity contribution in [1.29, 1.82) is 0 Å². The van der Waals surface area contributed by atoms with Crippen LogP contribution in [-0.2, 0) is 19.4 Å². The van der Waals surface area contributed by atoms with E-state index in [1.165, 1.54) is 23.4 Å². The first-order valence-electron chi connectivity index (χ1n) is 10.3. The largest absolute Gasteiger partial charge is 0.497 e. The fraction of sp³-hybridized carbons (Fsp3) is 0.320. The molecule has 2 aromatic carbocycles. The predicted octanol–water partition coefficient (Wildman–Crippen LogP) is 4.85. The average molecular weight is 389 g/mol. The summed E-state index contributed by atoms with van der Waals surface area (Å²) < 4.78 is 7.51. The van der Waals surface area contributed by atoms with Crippen LogP contribution in [-0.4, -0.2) is 17.6 Å². The summed E-state index contributed by atoms with van der Waals surface area (Å²) in [6, 6.07) is 18.0. The molecular weight excluding hydrogens is 360 g/mol. The molecule has 1 aliphatic rings. The summed E-state index contributed by atoms with van der Waals surface area (Å²) in [6.45, 7) is 4.99. The zero-order valence-corrected chi connectivity index (χ0v) is 17.4. The van der Waals surface area contributed by atoms with Gasteiger partial charge in [0.1, 0.15) is 5.75 Å². The van der Waals surface area contributed by atoms with Crippen LogP contribution in [0.15, 0.2) is 54.6 Å². The van der Waals surface area contributed by atoms with Crippen molar-refractivity contribution >= 4 is 5.91 Å². The Hall–Kier alpha value is -3.01. The molecule has 0 bridgehead atoms. The number of benzene rings is 2. The molecule has 3 aromatic rings. The van der Waals surface area contributed by atoms with Crippen molar-refractivity contribution in [1.82, 2.24) is 9.88 Å². The molecule has 0 saturated heterocycles. The molecule has 0 spiro atoms. The van der Waals surface area contributed by atoms with Gasteiger partial charge in [0.05, 0.1) is 7.11 Å². The minimum Gasteiger partial charge on any atom is -0.497 e. The lowest BCUT2D eigenvalue weighted by atomic mass is 9.89. The molecule has 0 radical (unpaired) electrons. The Balaban J connectivity index is 1.46. The quantitative estimate of drug-likeness (QED) is 0.679. The summed E-state index contributed by atoms with van der Waals surface area (Å²) in [5.41, 5.74) is 7.01. The van der Waals surface area contributed by atoms with Crippen LogP contribution in [0.1, 0.15) is 46.2 Å². The predicted molar refractivity (Wildman–Crippen MR) is 116 cm³/mol. The molecule has 150 valence electrons. The number of ether oxygens (including phenoxy) is 1. The Labute approximate surface area is 172 Å². The van der Waals surface area contributed by atoms with Crippen molar-refractivity contribution in [3.63, 3.8) is 0 Å². The number of methoxy groups -OCH3 is 1. The van der Waals surface area contributed by atoms with Gasteiger partial charge in [0.2, 0.25) is 0 Å². The molecule has 0 saturated carbocycles. The normalized spacial score (nSPS) is 15.6. The van der Waals surface area contributed by atoms with E-state index < -0.39 is 0 Å². The lowest BCUT2D eigenvalue weighted by molar-refractivity contribution is 0.0951. The molecule has 4 nitrogen and oxygen atoms in total. The van der Waals surface area contributed by atoms with Gasteiger partial charge in [0, 0.05) is 29.2 Å². The van der Waals surface area contributed by atoms with Gasteiger partial charge in [-0.05, 0) is 85.7 Å². The Morgan fingerprint density at radius 2 is 1.86 bits per heavy atom. The van der Waals surface area contributed by atoms with E-state index >= 15 is 0 Å². The van der Waals surface area contributed by atoms with Gasteiger partial charge in [-0.1, -0.05) is 19.1 Å². The summed E-state index contributed by atoms with van der Waals surface area (Å²) in [7, 11) is 1.64. The Kier molecular flexibility index (Phi) is 5.43. The van der Waals surface area contributed by atoms with Crippen LogP contribution >= 0.6 is 0 Å². The Bertz CT molecular complexity index is 1000. The number of hydrogen-bond acceptors (Lipinski definition) is 2. The SMILES string of the molecule is COc1ccc(CNC(=O)c2ccc(-n3c(C)cc4c3CCC(C)C4)cc2)cc1. The number of aromatic nitrogens is 1. The first-order valence-corrected chi connectivity index (χ1v) is 10.3. The summed E-state index contributed by atoms with van der Waals surface area (Å²) in [6.07, 6.45) is 3.52. The summed E-state index contributed by atoms with van der Waals surface area (Å²) >= 11 is 0. The van der Waals surface area contributed by atoms with E-state index in [1.54, 1.807) is 7.11 Å². The van der Waals surface area contributed by atoms with Gasteiger partial charge in [-0.2, -0.15) is 0 Å². The number of aryl methyl sites for hydroxylation is 1. The van der Waals surface area contributed by atoms with E-state index in [-0.39, 0.29) is 5.91 Å². The van der Waals surface area contributed by atoms with Crippen LogP contribution in [0, 0.1) is 12.8 Å². The molecule has 1 atom stereocenters. The lowest BCUT2D eigenvalue weighted by Crippen LogP contribution is -2.22.